The van der Waals surface area contributed by atoms with E-state index in [9.17, 15) is 0 Å². The summed E-state index contributed by atoms with van der Waals surface area (Å²) in [5, 5.41) is 4.34. The van der Waals surface area contributed by atoms with E-state index in [1.165, 1.54) is 12.0 Å². The molecule has 0 saturated carbocycles. The smallest absolute Gasteiger partial charge is 0.189 e. The molecule has 0 aliphatic carbocycles. The third-order valence-corrected chi connectivity index (χ3v) is 7.38. The molecule has 3 atom stereocenters. The number of anilines is 2. The summed E-state index contributed by atoms with van der Waals surface area (Å²) in [6, 6.07) is 18.6. The fourth-order valence-corrected chi connectivity index (χ4v) is 5.50. The van der Waals surface area contributed by atoms with E-state index in [-0.39, 0.29) is 6.04 Å². The molecular formula is C26H32N6S. The third kappa shape index (κ3) is 4.57. The predicted molar refractivity (Wildman–Crippen MR) is 137 cm³/mol. The van der Waals surface area contributed by atoms with Crippen LogP contribution in [0.5, 0.6) is 0 Å². The van der Waals surface area contributed by atoms with Crippen molar-refractivity contribution in [3.05, 3.63) is 60.3 Å². The van der Waals surface area contributed by atoms with Gasteiger partial charge in [0.15, 0.2) is 5.16 Å². The Morgan fingerprint density at radius 2 is 1.82 bits per heavy atom. The van der Waals surface area contributed by atoms with E-state index in [4.69, 9.17) is 9.97 Å². The molecule has 172 valence electrons. The van der Waals surface area contributed by atoms with Gasteiger partial charge in [-0.3, -0.25) is 4.90 Å². The standard InChI is InChI=1S/C26H32N6S/c1-17(2)31-15-22-13-21(31)16-32(22)25-14-23(29-26(30-25)33-4)20-10-11-27-24(12-20)28-18(3)19-8-6-5-7-9-19/h5-12,14,17-18,21-22H,13,15-16H2,1-4H3,(H,27,28)/t18?,21-,22-/m0/s1. The van der Waals surface area contributed by atoms with Crippen LogP contribution in [0.25, 0.3) is 11.3 Å². The second-order valence-corrected chi connectivity index (χ2v) is 10.1. The number of piperazine rings is 1. The molecule has 4 heterocycles. The Hall–Kier alpha value is -2.64. The fourth-order valence-electron chi connectivity index (χ4n) is 5.13. The summed E-state index contributed by atoms with van der Waals surface area (Å²) in [5.74, 6) is 1.90. The lowest BCUT2D eigenvalue weighted by Crippen LogP contribution is -2.49. The Kier molecular flexibility index (Phi) is 6.25. The Morgan fingerprint density at radius 3 is 2.52 bits per heavy atom. The van der Waals surface area contributed by atoms with Gasteiger partial charge in [-0.25, -0.2) is 15.0 Å². The molecule has 2 fully saturated rings. The molecule has 0 spiro atoms. The molecule has 2 aromatic heterocycles. The molecule has 2 saturated heterocycles. The zero-order chi connectivity index (χ0) is 22.9. The first-order valence-electron chi connectivity index (χ1n) is 11.7. The number of pyridine rings is 1. The molecule has 2 bridgehead atoms. The summed E-state index contributed by atoms with van der Waals surface area (Å²) < 4.78 is 0. The zero-order valence-electron chi connectivity index (χ0n) is 19.8. The second kappa shape index (κ2) is 9.31. The number of rotatable bonds is 7. The highest BCUT2D eigenvalue weighted by molar-refractivity contribution is 7.98. The molecule has 3 aromatic rings. The number of nitrogens with one attached hydrogen (secondary N) is 1. The molecule has 33 heavy (non-hydrogen) atoms. The van der Waals surface area contributed by atoms with Gasteiger partial charge < -0.3 is 10.2 Å². The number of nitrogens with zero attached hydrogens (tertiary/aromatic N) is 5. The number of aromatic nitrogens is 3. The van der Waals surface area contributed by atoms with Crippen molar-refractivity contribution in [1.29, 1.82) is 0 Å². The maximum atomic E-state index is 4.89. The molecular weight excluding hydrogens is 428 g/mol. The van der Waals surface area contributed by atoms with Crippen LogP contribution < -0.4 is 10.2 Å². The number of thioether (sulfide) groups is 1. The SMILES string of the molecule is CSc1nc(-c2ccnc(NC(C)c3ccccc3)c2)cc(N2C[C@@H]3C[C@H]2CN3C(C)C)n1. The highest BCUT2D eigenvalue weighted by Gasteiger charge is 2.44. The average Bonchev–Trinajstić information content (AvgIpc) is 3.46. The van der Waals surface area contributed by atoms with Crippen LogP contribution in [0.15, 0.2) is 59.9 Å². The van der Waals surface area contributed by atoms with E-state index in [0.717, 1.165) is 41.1 Å². The molecule has 2 aliphatic heterocycles. The fraction of sp³-hybridized carbons (Fsp3) is 0.423. The van der Waals surface area contributed by atoms with Gasteiger partial charge in [0.2, 0.25) is 0 Å². The first kappa shape index (κ1) is 22.2. The van der Waals surface area contributed by atoms with Gasteiger partial charge in [0.05, 0.1) is 5.69 Å². The van der Waals surface area contributed by atoms with Crippen LogP contribution >= 0.6 is 11.8 Å². The van der Waals surface area contributed by atoms with E-state index in [2.05, 4.69) is 77.3 Å². The van der Waals surface area contributed by atoms with E-state index < -0.39 is 0 Å². The Bertz CT molecular complexity index is 1100. The topological polar surface area (TPSA) is 57.2 Å². The van der Waals surface area contributed by atoms with E-state index in [1.807, 2.05) is 24.6 Å². The molecule has 6 nitrogen and oxygen atoms in total. The van der Waals surface area contributed by atoms with E-state index in [1.54, 1.807) is 11.8 Å². The first-order valence-corrected chi connectivity index (χ1v) is 13.0. The monoisotopic (exact) mass is 460 g/mol. The van der Waals surface area contributed by atoms with Crippen LogP contribution in [-0.2, 0) is 0 Å². The number of likely N-dealkylation sites (tertiary alicyclic amines) is 1. The van der Waals surface area contributed by atoms with Crippen molar-refractivity contribution in [3.63, 3.8) is 0 Å². The Labute approximate surface area is 200 Å². The van der Waals surface area contributed by atoms with Crippen molar-refractivity contribution in [2.45, 2.75) is 56.5 Å². The largest absolute Gasteiger partial charge is 0.364 e. The quantitative estimate of drug-likeness (QED) is 0.389. The lowest BCUT2D eigenvalue weighted by Gasteiger charge is -2.37. The van der Waals surface area contributed by atoms with Crippen LogP contribution in [0.1, 0.15) is 38.8 Å². The van der Waals surface area contributed by atoms with Gasteiger partial charge in [-0.2, -0.15) is 0 Å². The van der Waals surface area contributed by atoms with Gasteiger partial charge >= 0.3 is 0 Å². The molecule has 7 heteroatoms. The molecule has 1 aromatic carbocycles. The van der Waals surface area contributed by atoms with Gasteiger partial charge in [-0.1, -0.05) is 42.1 Å². The third-order valence-electron chi connectivity index (χ3n) is 6.83. The van der Waals surface area contributed by atoms with Crippen LogP contribution in [-0.4, -0.2) is 57.3 Å². The summed E-state index contributed by atoms with van der Waals surface area (Å²) in [7, 11) is 0. The molecule has 0 amide bonds. The van der Waals surface area contributed by atoms with Gasteiger partial charge in [0.25, 0.3) is 0 Å². The van der Waals surface area contributed by atoms with Crippen molar-refractivity contribution >= 4 is 23.4 Å². The van der Waals surface area contributed by atoms with Crippen molar-refractivity contribution in [3.8, 4) is 11.3 Å². The number of hydrogen-bond acceptors (Lipinski definition) is 7. The van der Waals surface area contributed by atoms with Gasteiger partial charge in [0, 0.05) is 55.1 Å². The molecule has 1 N–H and O–H groups in total. The van der Waals surface area contributed by atoms with Crippen LogP contribution in [0, 0.1) is 0 Å². The Morgan fingerprint density at radius 1 is 1.00 bits per heavy atom. The number of fused-ring (bicyclic) bond motifs is 2. The minimum absolute atomic E-state index is 0.167. The minimum atomic E-state index is 0.167. The summed E-state index contributed by atoms with van der Waals surface area (Å²) in [6.07, 6.45) is 5.13. The first-order chi connectivity index (χ1) is 16.0. The number of benzene rings is 1. The maximum Gasteiger partial charge on any atom is 0.189 e. The van der Waals surface area contributed by atoms with Crippen molar-refractivity contribution in [2.24, 2.45) is 0 Å². The summed E-state index contributed by atoms with van der Waals surface area (Å²) >= 11 is 1.60. The maximum absolute atomic E-state index is 4.89. The van der Waals surface area contributed by atoms with Crippen LogP contribution in [0.4, 0.5) is 11.6 Å². The second-order valence-electron chi connectivity index (χ2n) is 9.29. The molecule has 2 aliphatic rings. The van der Waals surface area contributed by atoms with Gasteiger partial charge in [-0.15, -0.1) is 0 Å². The lowest BCUT2D eigenvalue weighted by atomic mass is 10.1. The molecule has 5 rings (SSSR count). The van der Waals surface area contributed by atoms with E-state index >= 15 is 0 Å². The molecule has 1 unspecified atom stereocenters. The highest BCUT2D eigenvalue weighted by atomic mass is 32.2. The van der Waals surface area contributed by atoms with Crippen molar-refractivity contribution < 1.29 is 0 Å². The van der Waals surface area contributed by atoms with Crippen molar-refractivity contribution in [2.75, 3.05) is 29.6 Å². The zero-order valence-corrected chi connectivity index (χ0v) is 20.6. The normalized spacial score (nSPS) is 21.1. The number of hydrogen-bond donors (Lipinski definition) is 1. The summed E-state index contributed by atoms with van der Waals surface area (Å²) in [6.45, 7) is 8.92. The minimum Gasteiger partial charge on any atom is -0.364 e. The highest BCUT2D eigenvalue weighted by Crippen LogP contribution is 2.36. The van der Waals surface area contributed by atoms with Crippen molar-refractivity contribution in [1.82, 2.24) is 19.9 Å². The lowest BCUT2D eigenvalue weighted by molar-refractivity contribution is 0.191. The van der Waals surface area contributed by atoms with Crippen LogP contribution in [0.2, 0.25) is 0 Å². The van der Waals surface area contributed by atoms with E-state index in [0.29, 0.717) is 18.1 Å². The van der Waals surface area contributed by atoms with Gasteiger partial charge in [0.1, 0.15) is 11.6 Å². The Balaban J connectivity index is 1.39. The molecule has 0 radical (unpaired) electrons. The van der Waals surface area contributed by atoms with Gasteiger partial charge in [-0.05, 0) is 51.1 Å². The van der Waals surface area contributed by atoms with Crippen LogP contribution in [0.3, 0.4) is 0 Å². The predicted octanol–water partition coefficient (Wildman–Crippen LogP) is 5.10. The average molecular weight is 461 g/mol. The summed E-state index contributed by atoms with van der Waals surface area (Å²) in [4.78, 5) is 19.4. The summed E-state index contributed by atoms with van der Waals surface area (Å²) in [5.41, 5.74) is 3.24.